The number of hydrogen-bond acceptors (Lipinski definition) is 1. The van der Waals surface area contributed by atoms with E-state index in [2.05, 4.69) is 79.8 Å². The van der Waals surface area contributed by atoms with E-state index in [9.17, 15) is 0 Å². The van der Waals surface area contributed by atoms with Crippen molar-refractivity contribution in [2.24, 2.45) is 5.92 Å². The fourth-order valence-electron chi connectivity index (χ4n) is 3.08. The summed E-state index contributed by atoms with van der Waals surface area (Å²) in [6.07, 6.45) is 14.6. The summed E-state index contributed by atoms with van der Waals surface area (Å²) in [5.74, 6) is 0.551. The molecule has 1 aromatic heterocycles. The van der Waals surface area contributed by atoms with Crippen molar-refractivity contribution in [3.63, 3.8) is 0 Å². The first-order chi connectivity index (χ1) is 10.8. The zero-order valence-electron chi connectivity index (χ0n) is 12.6. The highest BCUT2D eigenvalue weighted by Gasteiger charge is 2.20. The van der Waals surface area contributed by atoms with Crippen molar-refractivity contribution in [2.45, 2.75) is 13.3 Å². The second-order valence-corrected chi connectivity index (χ2v) is 6.97. The molecule has 0 N–H and O–H groups in total. The Kier molecular flexibility index (Phi) is 3.44. The lowest BCUT2D eigenvalue weighted by Gasteiger charge is -2.23. The number of thiophene rings is 1. The number of benzene rings is 1. The molecule has 22 heavy (non-hydrogen) atoms. The standard InChI is InChI=1S/C21H18S/c1-15-9-11-17(12-10-15)20-13-14-21(22-20)19-8-4-6-16-5-2-3-7-18(16)19/h2-4,6-14,16H,5H2,1H3. The number of hydrogen-bond donors (Lipinski definition) is 0. The lowest BCUT2D eigenvalue weighted by atomic mass is 9.83. The van der Waals surface area contributed by atoms with Gasteiger partial charge in [0.25, 0.3) is 0 Å². The van der Waals surface area contributed by atoms with Gasteiger partial charge in [-0.05, 0) is 42.2 Å². The molecule has 1 heteroatoms. The van der Waals surface area contributed by atoms with Crippen LogP contribution in [0.25, 0.3) is 16.0 Å². The van der Waals surface area contributed by atoms with Crippen molar-refractivity contribution in [2.75, 3.05) is 0 Å². The molecule has 2 aliphatic carbocycles. The number of fused-ring (bicyclic) bond motifs is 1. The molecular formula is C21H18S. The lowest BCUT2D eigenvalue weighted by molar-refractivity contribution is 0.786. The summed E-state index contributed by atoms with van der Waals surface area (Å²) in [5, 5.41) is 0. The molecule has 0 amide bonds. The molecule has 0 saturated heterocycles. The van der Waals surface area contributed by atoms with Gasteiger partial charge in [-0.1, -0.05) is 66.3 Å². The normalized spacial score (nSPS) is 19.6. The molecule has 108 valence electrons. The maximum Gasteiger partial charge on any atom is 0.0352 e. The third-order valence-electron chi connectivity index (χ3n) is 4.33. The van der Waals surface area contributed by atoms with Crippen LogP contribution in [-0.2, 0) is 0 Å². The Labute approximate surface area is 135 Å². The van der Waals surface area contributed by atoms with Gasteiger partial charge in [0, 0.05) is 15.7 Å². The largest absolute Gasteiger partial charge is 0.135 e. The lowest BCUT2D eigenvalue weighted by Crippen LogP contribution is -2.07. The third-order valence-corrected chi connectivity index (χ3v) is 5.49. The van der Waals surface area contributed by atoms with E-state index in [-0.39, 0.29) is 0 Å². The van der Waals surface area contributed by atoms with E-state index in [0.717, 1.165) is 6.42 Å². The van der Waals surface area contributed by atoms with E-state index in [4.69, 9.17) is 0 Å². The quantitative estimate of drug-likeness (QED) is 0.621. The number of allylic oxidation sites excluding steroid dienone is 8. The van der Waals surface area contributed by atoms with Crippen LogP contribution in [0.4, 0.5) is 0 Å². The smallest absolute Gasteiger partial charge is 0.0352 e. The van der Waals surface area contributed by atoms with Crippen LogP contribution in [0.3, 0.4) is 0 Å². The van der Waals surface area contributed by atoms with Crippen molar-refractivity contribution in [1.82, 2.24) is 0 Å². The topological polar surface area (TPSA) is 0 Å². The average molecular weight is 302 g/mol. The van der Waals surface area contributed by atoms with Crippen LogP contribution >= 0.6 is 11.3 Å². The number of rotatable bonds is 2. The summed E-state index contributed by atoms with van der Waals surface area (Å²) in [4.78, 5) is 2.71. The minimum absolute atomic E-state index is 0.551. The van der Waals surface area contributed by atoms with Gasteiger partial charge in [-0.15, -0.1) is 11.3 Å². The van der Waals surface area contributed by atoms with Gasteiger partial charge < -0.3 is 0 Å². The van der Waals surface area contributed by atoms with Gasteiger partial charge in [0.1, 0.15) is 0 Å². The van der Waals surface area contributed by atoms with Gasteiger partial charge in [-0.2, -0.15) is 0 Å². The molecule has 1 aromatic carbocycles. The monoisotopic (exact) mass is 302 g/mol. The Bertz CT molecular complexity index is 810. The van der Waals surface area contributed by atoms with E-state index in [1.807, 2.05) is 11.3 Å². The maximum absolute atomic E-state index is 2.31. The zero-order valence-corrected chi connectivity index (χ0v) is 13.4. The van der Waals surface area contributed by atoms with Crippen molar-refractivity contribution in [3.8, 4) is 10.4 Å². The molecule has 1 unspecified atom stereocenters. The van der Waals surface area contributed by atoms with E-state index < -0.39 is 0 Å². The van der Waals surface area contributed by atoms with Crippen LogP contribution in [0.2, 0.25) is 0 Å². The van der Waals surface area contributed by atoms with Gasteiger partial charge >= 0.3 is 0 Å². The van der Waals surface area contributed by atoms with E-state index in [1.54, 1.807) is 0 Å². The summed E-state index contributed by atoms with van der Waals surface area (Å²) in [5.41, 5.74) is 5.47. The van der Waals surface area contributed by atoms with Gasteiger partial charge in [0.2, 0.25) is 0 Å². The first kappa shape index (κ1) is 13.5. The van der Waals surface area contributed by atoms with Crippen molar-refractivity contribution in [1.29, 1.82) is 0 Å². The molecule has 0 fully saturated rings. The molecule has 1 heterocycles. The van der Waals surface area contributed by atoms with Crippen LogP contribution in [0.15, 0.2) is 78.4 Å². The second-order valence-electron chi connectivity index (χ2n) is 5.89. The Morgan fingerprint density at radius 1 is 0.909 bits per heavy atom. The Morgan fingerprint density at radius 3 is 2.59 bits per heavy atom. The molecule has 0 radical (unpaired) electrons. The van der Waals surface area contributed by atoms with Crippen LogP contribution in [0.5, 0.6) is 0 Å². The second kappa shape index (κ2) is 5.58. The molecule has 4 rings (SSSR count). The highest BCUT2D eigenvalue weighted by molar-refractivity contribution is 7.16. The molecule has 0 spiro atoms. The fourth-order valence-corrected chi connectivity index (χ4v) is 4.14. The van der Waals surface area contributed by atoms with Crippen LogP contribution < -0.4 is 0 Å². The van der Waals surface area contributed by atoms with Gasteiger partial charge in [0.15, 0.2) is 0 Å². The molecule has 0 aliphatic heterocycles. The van der Waals surface area contributed by atoms with Crippen LogP contribution in [0, 0.1) is 12.8 Å². The highest BCUT2D eigenvalue weighted by Crippen LogP contribution is 2.41. The zero-order chi connectivity index (χ0) is 14.9. The van der Waals surface area contributed by atoms with Gasteiger partial charge in [-0.3, -0.25) is 0 Å². The molecule has 2 aliphatic rings. The summed E-state index contributed by atoms with van der Waals surface area (Å²) in [6.45, 7) is 2.13. The Hall–Kier alpha value is -2.12. The van der Waals surface area contributed by atoms with E-state index in [0.29, 0.717) is 5.92 Å². The summed E-state index contributed by atoms with van der Waals surface area (Å²) in [7, 11) is 0. The van der Waals surface area contributed by atoms with Crippen molar-refractivity contribution in [3.05, 3.63) is 88.9 Å². The minimum Gasteiger partial charge on any atom is -0.135 e. The SMILES string of the molecule is Cc1ccc(-c2ccc(C3=CC=CC4CC=CC=C34)s2)cc1. The Morgan fingerprint density at radius 2 is 1.73 bits per heavy atom. The van der Waals surface area contributed by atoms with Crippen molar-refractivity contribution >= 4 is 16.9 Å². The summed E-state index contributed by atoms with van der Waals surface area (Å²) < 4.78 is 0. The van der Waals surface area contributed by atoms with Crippen molar-refractivity contribution < 1.29 is 0 Å². The Balaban J connectivity index is 1.71. The third kappa shape index (κ3) is 2.42. The molecule has 1 atom stereocenters. The van der Waals surface area contributed by atoms with E-state index >= 15 is 0 Å². The predicted molar refractivity (Wildman–Crippen MR) is 96.9 cm³/mol. The van der Waals surface area contributed by atoms with Crippen LogP contribution in [-0.4, -0.2) is 0 Å². The molecule has 0 saturated carbocycles. The summed E-state index contributed by atoms with van der Waals surface area (Å²) in [6, 6.07) is 13.3. The van der Waals surface area contributed by atoms with E-state index in [1.165, 1.54) is 32.0 Å². The molecule has 2 aromatic rings. The number of aryl methyl sites for hydroxylation is 1. The fraction of sp³-hybridized carbons (Fsp3) is 0.143. The van der Waals surface area contributed by atoms with Crippen LogP contribution in [0.1, 0.15) is 16.9 Å². The van der Waals surface area contributed by atoms with Gasteiger partial charge in [-0.25, -0.2) is 0 Å². The first-order valence-electron chi connectivity index (χ1n) is 7.74. The molecular weight excluding hydrogens is 284 g/mol. The van der Waals surface area contributed by atoms with Gasteiger partial charge in [0.05, 0.1) is 0 Å². The first-order valence-corrected chi connectivity index (χ1v) is 8.56. The molecule has 0 nitrogen and oxygen atoms in total. The minimum atomic E-state index is 0.551. The highest BCUT2D eigenvalue weighted by atomic mass is 32.1. The predicted octanol–water partition coefficient (Wildman–Crippen LogP) is 6.18. The average Bonchev–Trinajstić information content (AvgIpc) is 3.05. The maximum atomic E-state index is 2.31. The summed E-state index contributed by atoms with van der Waals surface area (Å²) >= 11 is 1.89. The molecule has 0 bridgehead atoms.